The summed E-state index contributed by atoms with van der Waals surface area (Å²) in [7, 11) is 0. The predicted octanol–water partition coefficient (Wildman–Crippen LogP) is 5.28. The van der Waals surface area contributed by atoms with E-state index in [4.69, 9.17) is 0 Å². The fourth-order valence-corrected chi connectivity index (χ4v) is 3.10. The lowest BCUT2D eigenvalue weighted by Crippen LogP contribution is -2.22. The fourth-order valence-electron chi connectivity index (χ4n) is 2.35. The highest BCUT2D eigenvalue weighted by atomic mass is 79.9. The van der Waals surface area contributed by atoms with Gasteiger partial charge in [-0.05, 0) is 74.9 Å². The zero-order valence-electron chi connectivity index (χ0n) is 9.20. The van der Waals surface area contributed by atoms with Gasteiger partial charge in [0.05, 0.1) is 3.39 Å². The van der Waals surface area contributed by atoms with Crippen LogP contribution < -0.4 is 0 Å². The van der Waals surface area contributed by atoms with E-state index in [1.54, 1.807) is 0 Å². The molecule has 0 aliphatic heterocycles. The molecule has 2 heteroatoms. The molecular formula is C14H16Br2. The van der Waals surface area contributed by atoms with Crippen molar-refractivity contribution in [3.05, 3.63) is 45.4 Å². The fraction of sp³-hybridized carbons (Fsp3) is 0.429. The van der Waals surface area contributed by atoms with Gasteiger partial charge in [0, 0.05) is 0 Å². The average molecular weight is 344 g/mol. The number of allylic oxidation sites excluding steroid dienone is 1. The third-order valence-electron chi connectivity index (χ3n) is 3.32. The molecule has 1 aromatic carbocycles. The van der Waals surface area contributed by atoms with E-state index < -0.39 is 0 Å². The van der Waals surface area contributed by atoms with Gasteiger partial charge in [-0.3, -0.25) is 0 Å². The Morgan fingerprint density at radius 3 is 2.50 bits per heavy atom. The molecule has 0 nitrogen and oxygen atoms in total. The molecule has 0 heterocycles. The maximum Gasteiger partial charge on any atom is 0.0567 e. The summed E-state index contributed by atoms with van der Waals surface area (Å²) in [6, 6.07) is 10.8. The van der Waals surface area contributed by atoms with Gasteiger partial charge in [-0.25, -0.2) is 0 Å². The Morgan fingerprint density at radius 1 is 1.19 bits per heavy atom. The van der Waals surface area contributed by atoms with Crippen molar-refractivity contribution in [1.82, 2.24) is 0 Å². The van der Waals surface area contributed by atoms with Crippen LogP contribution in [0, 0.1) is 11.8 Å². The topological polar surface area (TPSA) is 0 Å². The van der Waals surface area contributed by atoms with Crippen LogP contribution in [0.15, 0.2) is 39.8 Å². The van der Waals surface area contributed by atoms with Crippen molar-refractivity contribution in [2.24, 2.45) is 11.8 Å². The first kappa shape index (κ1) is 12.4. The van der Waals surface area contributed by atoms with Crippen LogP contribution in [-0.4, -0.2) is 0 Å². The number of hydrogen-bond donors (Lipinski definition) is 0. The van der Waals surface area contributed by atoms with E-state index in [-0.39, 0.29) is 0 Å². The van der Waals surface area contributed by atoms with Crippen molar-refractivity contribution in [3.63, 3.8) is 0 Å². The van der Waals surface area contributed by atoms with Crippen LogP contribution in [0.1, 0.15) is 24.8 Å². The smallest absolute Gasteiger partial charge is 0.0567 e. The lowest BCUT2D eigenvalue weighted by Gasteiger charge is -2.33. The minimum Gasteiger partial charge on any atom is -0.0622 e. The lowest BCUT2D eigenvalue weighted by atomic mass is 9.72. The summed E-state index contributed by atoms with van der Waals surface area (Å²) in [5, 5.41) is 0. The molecule has 86 valence electrons. The Balaban J connectivity index is 1.69. The van der Waals surface area contributed by atoms with E-state index in [0.717, 1.165) is 15.2 Å². The predicted molar refractivity (Wildman–Crippen MR) is 76.9 cm³/mol. The van der Waals surface area contributed by atoms with E-state index in [9.17, 15) is 0 Å². The molecule has 0 atom stereocenters. The zero-order chi connectivity index (χ0) is 11.4. The first-order valence-corrected chi connectivity index (χ1v) is 7.39. The van der Waals surface area contributed by atoms with Gasteiger partial charge in [0.25, 0.3) is 0 Å². The van der Waals surface area contributed by atoms with Crippen LogP contribution in [0.4, 0.5) is 0 Å². The van der Waals surface area contributed by atoms with Crippen molar-refractivity contribution in [2.45, 2.75) is 25.7 Å². The SMILES string of the molecule is BrC(Br)=C[C@H]1C[C@@H](CCc2ccccc2)C1. The molecule has 1 saturated carbocycles. The van der Waals surface area contributed by atoms with Gasteiger partial charge >= 0.3 is 0 Å². The number of rotatable bonds is 4. The molecule has 0 spiro atoms. The molecule has 0 amide bonds. The average Bonchev–Trinajstić information content (AvgIpc) is 2.22. The van der Waals surface area contributed by atoms with E-state index in [2.05, 4.69) is 68.3 Å². The summed E-state index contributed by atoms with van der Waals surface area (Å²) in [6.07, 6.45) is 7.56. The van der Waals surface area contributed by atoms with Gasteiger partial charge in [-0.1, -0.05) is 36.4 Å². The molecule has 0 bridgehead atoms. The van der Waals surface area contributed by atoms with Crippen LogP contribution in [0.25, 0.3) is 0 Å². The Morgan fingerprint density at radius 2 is 1.88 bits per heavy atom. The van der Waals surface area contributed by atoms with Crippen molar-refractivity contribution < 1.29 is 0 Å². The second-order valence-electron chi connectivity index (χ2n) is 4.58. The maximum atomic E-state index is 3.42. The minimum absolute atomic E-state index is 0.787. The monoisotopic (exact) mass is 342 g/mol. The van der Waals surface area contributed by atoms with Crippen molar-refractivity contribution in [2.75, 3.05) is 0 Å². The summed E-state index contributed by atoms with van der Waals surface area (Å²) in [6.45, 7) is 0. The molecule has 0 saturated heterocycles. The Hall–Kier alpha value is -0.0800. The summed E-state index contributed by atoms with van der Waals surface area (Å²) >= 11 is 6.85. The van der Waals surface area contributed by atoms with Crippen LogP contribution in [0.2, 0.25) is 0 Å². The summed E-state index contributed by atoms with van der Waals surface area (Å²) < 4.78 is 1.10. The number of halogens is 2. The molecule has 0 unspecified atom stereocenters. The molecular weight excluding hydrogens is 328 g/mol. The summed E-state index contributed by atoms with van der Waals surface area (Å²) in [4.78, 5) is 0. The van der Waals surface area contributed by atoms with Gasteiger partial charge in [-0.2, -0.15) is 0 Å². The third kappa shape index (κ3) is 3.74. The van der Waals surface area contributed by atoms with Crippen LogP contribution >= 0.6 is 31.9 Å². The quantitative estimate of drug-likeness (QED) is 0.698. The van der Waals surface area contributed by atoms with Crippen LogP contribution in [0.5, 0.6) is 0 Å². The summed E-state index contributed by atoms with van der Waals surface area (Å²) in [5.74, 6) is 1.72. The summed E-state index contributed by atoms with van der Waals surface area (Å²) in [5.41, 5.74) is 1.48. The highest BCUT2D eigenvalue weighted by Crippen LogP contribution is 2.39. The first-order valence-electron chi connectivity index (χ1n) is 5.81. The van der Waals surface area contributed by atoms with Crippen LogP contribution in [-0.2, 0) is 6.42 Å². The number of aryl methyl sites for hydroxylation is 1. The maximum absolute atomic E-state index is 3.42. The minimum atomic E-state index is 0.787. The lowest BCUT2D eigenvalue weighted by molar-refractivity contribution is 0.225. The number of hydrogen-bond acceptors (Lipinski definition) is 0. The molecule has 0 aromatic heterocycles. The van der Waals surface area contributed by atoms with Crippen LogP contribution in [0.3, 0.4) is 0 Å². The second-order valence-corrected chi connectivity index (χ2v) is 7.35. The molecule has 1 fully saturated rings. The molecule has 1 aliphatic rings. The molecule has 2 rings (SSSR count). The Labute approximate surface area is 114 Å². The third-order valence-corrected chi connectivity index (χ3v) is 3.85. The van der Waals surface area contributed by atoms with Crippen molar-refractivity contribution in [1.29, 1.82) is 0 Å². The van der Waals surface area contributed by atoms with E-state index in [1.165, 1.54) is 31.2 Å². The first-order chi connectivity index (χ1) is 7.74. The van der Waals surface area contributed by atoms with Gasteiger partial charge < -0.3 is 0 Å². The molecule has 0 radical (unpaired) electrons. The van der Waals surface area contributed by atoms with Gasteiger partial charge in [0.2, 0.25) is 0 Å². The highest BCUT2D eigenvalue weighted by Gasteiger charge is 2.26. The Kier molecular flexibility index (Phi) is 4.66. The largest absolute Gasteiger partial charge is 0.0622 e. The second kappa shape index (κ2) is 6.02. The van der Waals surface area contributed by atoms with Crippen molar-refractivity contribution >= 4 is 31.9 Å². The van der Waals surface area contributed by atoms with Gasteiger partial charge in [0.1, 0.15) is 0 Å². The van der Waals surface area contributed by atoms with Gasteiger partial charge in [0.15, 0.2) is 0 Å². The van der Waals surface area contributed by atoms with E-state index >= 15 is 0 Å². The highest BCUT2D eigenvalue weighted by molar-refractivity contribution is 9.28. The normalized spacial score (nSPS) is 23.6. The number of benzene rings is 1. The molecule has 0 N–H and O–H groups in total. The van der Waals surface area contributed by atoms with Crippen molar-refractivity contribution in [3.8, 4) is 0 Å². The van der Waals surface area contributed by atoms with E-state index in [1.807, 2.05) is 0 Å². The standard InChI is InChI=1S/C14H16Br2/c15-14(16)10-13-8-12(9-13)7-6-11-4-2-1-3-5-11/h1-5,10,12-13H,6-9H2/t12-,13+. The van der Waals surface area contributed by atoms with Gasteiger partial charge in [-0.15, -0.1) is 0 Å². The Bertz CT molecular complexity index is 346. The molecule has 1 aromatic rings. The molecule has 1 aliphatic carbocycles. The molecule has 16 heavy (non-hydrogen) atoms. The van der Waals surface area contributed by atoms with E-state index in [0.29, 0.717) is 0 Å². The zero-order valence-corrected chi connectivity index (χ0v) is 12.4.